The highest BCUT2D eigenvalue weighted by Crippen LogP contribution is 2.23. The molecule has 1 fully saturated rings. The molecule has 130 valence electrons. The van der Waals surface area contributed by atoms with Gasteiger partial charge in [-0.1, -0.05) is 0 Å². The van der Waals surface area contributed by atoms with E-state index in [9.17, 15) is 0 Å². The van der Waals surface area contributed by atoms with Gasteiger partial charge in [-0.05, 0) is 65.5 Å². The minimum atomic E-state index is 0.320. The summed E-state index contributed by atoms with van der Waals surface area (Å²) in [5.41, 5.74) is 3.04. The summed E-state index contributed by atoms with van der Waals surface area (Å²) in [4.78, 5) is 11.9. The van der Waals surface area contributed by atoms with Crippen molar-refractivity contribution in [2.75, 3.05) is 13.1 Å². The van der Waals surface area contributed by atoms with Crippen molar-refractivity contribution in [3.05, 3.63) is 30.4 Å². The van der Waals surface area contributed by atoms with Crippen molar-refractivity contribution in [2.24, 2.45) is 5.92 Å². The Labute approximate surface area is 145 Å². The molecule has 1 atom stereocenters. The molecule has 5 nitrogen and oxygen atoms in total. The minimum Gasteiger partial charge on any atom is -0.301 e. The molecule has 0 saturated carbocycles. The fourth-order valence-electron chi connectivity index (χ4n) is 3.55. The number of likely N-dealkylation sites (tertiary alicyclic amines) is 1. The lowest BCUT2D eigenvalue weighted by Gasteiger charge is -2.35. The second kappa shape index (κ2) is 7.43. The summed E-state index contributed by atoms with van der Waals surface area (Å²) in [7, 11) is 0. The molecule has 0 bridgehead atoms. The monoisotopic (exact) mass is 327 g/mol. The molecule has 5 heteroatoms. The highest BCUT2D eigenvalue weighted by Gasteiger charge is 2.22. The molecule has 1 aliphatic heterocycles. The highest BCUT2D eigenvalue weighted by atomic mass is 15.3. The van der Waals surface area contributed by atoms with E-state index in [0.717, 1.165) is 23.5 Å². The Hall–Kier alpha value is -1.75. The van der Waals surface area contributed by atoms with Crippen LogP contribution in [0.15, 0.2) is 24.7 Å². The number of hydrogen-bond acceptors (Lipinski definition) is 4. The quantitative estimate of drug-likeness (QED) is 0.842. The molecule has 0 aromatic carbocycles. The van der Waals surface area contributed by atoms with Gasteiger partial charge in [-0.25, -0.2) is 0 Å². The van der Waals surface area contributed by atoms with Gasteiger partial charge in [0.2, 0.25) is 0 Å². The van der Waals surface area contributed by atoms with Gasteiger partial charge in [0, 0.05) is 31.0 Å². The van der Waals surface area contributed by atoms with E-state index in [1.165, 1.54) is 25.9 Å². The molecule has 0 unspecified atom stereocenters. The summed E-state index contributed by atoms with van der Waals surface area (Å²) in [6.45, 7) is 11.2. The second-order valence-electron chi connectivity index (χ2n) is 7.45. The van der Waals surface area contributed by atoms with Crippen LogP contribution in [0.2, 0.25) is 0 Å². The van der Waals surface area contributed by atoms with Crippen molar-refractivity contribution in [1.82, 2.24) is 24.6 Å². The molecule has 1 saturated heterocycles. The predicted molar refractivity (Wildman–Crippen MR) is 96.8 cm³/mol. The number of nitrogens with zero attached hydrogens (tertiary/aromatic N) is 5. The Morgan fingerprint density at radius 2 is 1.96 bits per heavy atom. The number of hydrogen-bond donors (Lipinski definition) is 0. The molecule has 0 aliphatic carbocycles. The van der Waals surface area contributed by atoms with Crippen LogP contribution in [0.4, 0.5) is 0 Å². The second-order valence-corrected chi connectivity index (χ2v) is 7.45. The van der Waals surface area contributed by atoms with Crippen molar-refractivity contribution in [2.45, 2.75) is 59.0 Å². The predicted octanol–water partition coefficient (Wildman–Crippen LogP) is 3.58. The van der Waals surface area contributed by atoms with Gasteiger partial charge in [0.1, 0.15) is 5.69 Å². The third kappa shape index (κ3) is 3.83. The van der Waals surface area contributed by atoms with Crippen molar-refractivity contribution < 1.29 is 0 Å². The van der Waals surface area contributed by atoms with Crippen molar-refractivity contribution in [1.29, 1.82) is 0 Å². The van der Waals surface area contributed by atoms with Crippen LogP contribution < -0.4 is 0 Å². The van der Waals surface area contributed by atoms with Gasteiger partial charge in [0.05, 0.1) is 17.6 Å². The molecule has 0 spiro atoms. The molecule has 3 rings (SSSR count). The maximum absolute atomic E-state index is 4.68. The third-order valence-corrected chi connectivity index (χ3v) is 4.91. The average Bonchev–Trinajstić information content (AvgIpc) is 3.06. The Bertz CT molecular complexity index is 644. The Balaban J connectivity index is 1.67. The van der Waals surface area contributed by atoms with Crippen molar-refractivity contribution in [3.8, 4) is 11.4 Å². The van der Waals surface area contributed by atoms with Gasteiger partial charge in [0.15, 0.2) is 0 Å². The molecular weight excluding hydrogens is 298 g/mol. The van der Waals surface area contributed by atoms with Crippen LogP contribution in [0, 0.1) is 5.92 Å². The summed E-state index contributed by atoms with van der Waals surface area (Å²) < 4.78 is 1.99. The van der Waals surface area contributed by atoms with Crippen LogP contribution in [0.3, 0.4) is 0 Å². The SMILES string of the molecule is CC(C)N1CCC[C@H](Cc2cnc(-c3ccnn3C(C)C)cn2)C1. The van der Waals surface area contributed by atoms with Gasteiger partial charge in [-0.3, -0.25) is 14.6 Å². The number of aromatic nitrogens is 4. The third-order valence-electron chi connectivity index (χ3n) is 4.91. The first-order valence-electron chi connectivity index (χ1n) is 9.13. The molecule has 1 aliphatic rings. The van der Waals surface area contributed by atoms with Crippen LogP contribution in [-0.4, -0.2) is 43.8 Å². The molecular formula is C19H29N5. The zero-order valence-electron chi connectivity index (χ0n) is 15.3. The lowest BCUT2D eigenvalue weighted by molar-refractivity contribution is 0.139. The molecule has 2 aromatic heterocycles. The maximum atomic E-state index is 4.68. The molecule has 24 heavy (non-hydrogen) atoms. The largest absolute Gasteiger partial charge is 0.301 e. The standard InChI is InChI=1S/C19H29N5/c1-14(2)23-9-5-6-16(13-23)10-17-11-21-18(12-20-17)19-7-8-22-24(19)15(3)4/h7-8,11-12,14-16H,5-6,9-10,13H2,1-4H3/t16-/m1/s1. The van der Waals surface area contributed by atoms with Crippen LogP contribution in [0.1, 0.15) is 52.3 Å². The molecule has 3 heterocycles. The van der Waals surface area contributed by atoms with E-state index in [1.54, 1.807) is 0 Å². The molecule has 0 radical (unpaired) electrons. The van der Waals surface area contributed by atoms with Crippen LogP contribution in [0.25, 0.3) is 11.4 Å². The Kier molecular flexibility index (Phi) is 5.29. The average molecular weight is 327 g/mol. The topological polar surface area (TPSA) is 46.8 Å². The fourth-order valence-corrected chi connectivity index (χ4v) is 3.55. The van der Waals surface area contributed by atoms with Gasteiger partial charge in [-0.15, -0.1) is 0 Å². The summed E-state index contributed by atoms with van der Waals surface area (Å²) in [6.07, 6.45) is 9.29. The zero-order valence-corrected chi connectivity index (χ0v) is 15.3. The maximum Gasteiger partial charge on any atom is 0.107 e. The zero-order chi connectivity index (χ0) is 17.1. The summed E-state index contributed by atoms with van der Waals surface area (Å²) in [6, 6.07) is 2.96. The molecule has 0 amide bonds. The summed E-state index contributed by atoms with van der Waals surface area (Å²) >= 11 is 0. The lowest BCUT2D eigenvalue weighted by atomic mass is 9.93. The normalized spacial score (nSPS) is 19.3. The number of rotatable bonds is 5. The van der Waals surface area contributed by atoms with Crippen LogP contribution in [-0.2, 0) is 6.42 Å². The number of piperidine rings is 1. The van der Waals surface area contributed by atoms with Crippen molar-refractivity contribution in [3.63, 3.8) is 0 Å². The van der Waals surface area contributed by atoms with Crippen LogP contribution >= 0.6 is 0 Å². The van der Waals surface area contributed by atoms with Crippen LogP contribution in [0.5, 0.6) is 0 Å². The minimum absolute atomic E-state index is 0.320. The first-order chi connectivity index (χ1) is 11.5. The van der Waals surface area contributed by atoms with E-state index in [4.69, 9.17) is 0 Å². The summed E-state index contributed by atoms with van der Waals surface area (Å²) in [5, 5.41) is 4.38. The lowest BCUT2D eigenvalue weighted by Crippen LogP contribution is -2.40. The van der Waals surface area contributed by atoms with Gasteiger partial charge in [0.25, 0.3) is 0 Å². The Morgan fingerprint density at radius 1 is 1.12 bits per heavy atom. The molecule has 2 aromatic rings. The van der Waals surface area contributed by atoms with Crippen molar-refractivity contribution >= 4 is 0 Å². The Morgan fingerprint density at radius 3 is 2.62 bits per heavy atom. The first-order valence-corrected chi connectivity index (χ1v) is 9.13. The van der Waals surface area contributed by atoms with Gasteiger partial charge >= 0.3 is 0 Å². The smallest absolute Gasteiger partial charge is 0.107 e. The van der Waals surface area contributed by atoms with E-state index < -0.39 is 0 Å². The fraction of sp³-hybridized carbons (Fsp3) is 0.632. The first kappa shape index (κ1) is 17.1. The summed E-state index contributed by atoms with van der Waals surface area (Å²) in [5.74, 6) is 0.697. The van der Waals surface area contributed by atoms with E-state index >= 15 is 0 Å². The van der Waals surface area contributed by atoms with Gasteiger partial charge < -0.3 is 4.90 Å². The van der Waals surface area contributed by atoms with E-state index in [2.05, 4.69) is 47.7 Å². The molecule has 0 N–H and O–H groups in total. The van der Waals surface area contributed by atoms with Gasteiger partial charge in [-0.2, -0.15) is 5.10 Å². The highest BCUT2D eigenvalue weighted by molar-refractivity contribution is 5.52. The van der Waals surface area contributed by atoms with E-state index in [1.807, 2.05) is 29.3 Å². The van der Waals surface area contributed by atoms with E-state index in [0.29, 0.717) is 18.0 Å². The van der Waals surface area contributed by atoms with E-state index in [-0.39, 0.29) is 0 Å².